The van der Waals surface area contributed by atoms with Crippen LogP contribution in [-0.4, -0.2) is 28.6 Å². The van der Waals surface area contributed by atoms with Crippen LogP contribution >= 0.6 is 34.5 Å². The first-order valence-electron chi connectivity index (χ1n) is 7.96. The molecule has 2 aromatic rings. The molecule has 0 spiro atoms. The normalized spacial score (nSPS) is 20.0. The minimum absolute atomic E-state index is 0.184. The molecule has 0 aliphatic carbocycles. The van der Waals surface area contributed by atoms with Crippen molar-refractivity contribution >= 4 is 40.5 Å². The highest BCUT2D eigenvalue weighted by molar-refractivity contribution is 7.10. The van der Waals surface area contributed by atoms with Crippen LogP contribution in [0.5, 0.6) is 0 Å². The highest BCUT2D eigenvalue weighted by Gasteiger charge is 2.36. The molecule has 0 radical (unpaired) electrons. The molecular formula is C18H19Cl2NO2S. The molecule has 24 heavy (non-hydrogen) atoms. The van der Waals surface area contributed by atoms with Gasteiger partial charge in [-0.05, 0) is 54.9 Å². The Bertz CT molecular complexity index is 746. The van der Waals surface area contributed by atoms with Crippen LogP contribution in [0.3, 0.4) is 0 Å². The summed E-state index contributed by atoms with van der Waals surface area (Å²) in [5, 5.41) is 12.8. The van der Waals surface area contributed by atoms with Crippen LogP contribution in [0.25, 0.3) is 0 Å². The summed E-state index contributed by atoms with van der Waals surface area (Å²) in [6.07, 6.45) is 2.59. The molecule has 1 aliphatic heterocycles. The molecule has 1 N–H and O–H groups in total. The van der Waals surface area contributed by atoms with Gasteiger partial charge < -0.3 is 5.11 Å². The molecule has 2 unspecified atom stereocenters. The lowest BCUT2D eigenvalue weighted by Crippen LogP contribution is -2.46. The number of carboxylic acid groups (broad SMARTS) is 1. The first-order valence-corrected chi connectivity index (χ1v) is 9.60. The van der Waals surface area contributed by atoms with E-state index in [2.05, 4.69) is 16.3 Å². The number of hydrogen-bond acceptors (Lipinski definition) is 3. The number of thiophene rings is 1. The van der Waals surface area contributed by atoms with Gasteiger partial charge in [0.05, 0.1) is 16.1 Å². The maximum Gasteiger partial charge on any atom is 0.320 e. The molecular weight excluding hydrogens is 365 g/mol. The van der Waals surface area contributed by atoms with E-state index in [0.717, 1.165) is 29.8 Å². The van der Waals surface area contributed by atoms with Crippen molar-refractivity contribution < 1.29 is 9.90 Å². The number of aryl methyl sites for hydroxylation is 1. The highest BCUT2D eigenvalue weighted by atomic mass is 35.5. The summed E-state index contributed by atoms with van der Waals surface area (Å²) in [5.41, 5.74) is 2.04. The monoisotopic (exact) mass is 383 g/mol. The third-order valence-electron chi connectivity index (χ3n) is 4.46. The Balaban J connectivity index is 2.11. The number of hydrogen-bond donors (Lipinski definition) is 1. The Morgan fingerprint density at radius 2 is 2.17 bits per heavy atom. The van der Waals surface area contributed by atoms with Gasteiger partial charge in [0.1, 0.15) is 6.04 Å². The van der Waals surface area contributed by atoms with Crippen molar-refractivity contribution in [2.24, 2.45) is 0 Å². The number of likely N-dealkylation sites (tertiary alicyclic amines) is 1. The summed E-state index contributed by atoms with van der Waals surface area (Å²) >= 11 is 14.4. The maximum absolute atomic E-state index is 11.8. The Morgan fingerprint density at radius 1 is 1.38 bits per heavy atom. The SMILES string of the molecule is Cc1csc(C(c2cccc(Cl)c2Cl)N2CCCCC2C(=O)O)c1. The van der Waals surface area contributed by atoms with Gasteiger partial charge in [0.15, 0.2) is 0 Å². The summed E-state index contributed by atoms with van der Waals surface area (Å²) in [7, 11) is 0. The van der Waals surface area contributed by atoms with Gasteiger partial charge in [-0.25, -0.2) is 0 Å². The van der Waals surface area contributed by atoms with E-state index in [4.69, 9.17) is 23.2 Å². The molecule has 2 heterocycles. The van der Waals surface area contributed by atoms with Crippen LogP contribution < -0.4 is 0 Å². The van der Waals surface area contributed by atoms with Crippen molar-refractivity contribution in [3.63, 3.8) is 0 Å². The number of nitrogens with zero attached hydrogens (tertiary/aromatic N) is 1. The van der Waals surface area contributed by atoms with E-state index in [1.165, 1.54) is 5.56 Å². The summed E-state index contributed by atoms with van der Waals surface area (Å²) in [5.74, 6) is -0.772. The van der Waals surface area contributed by atoms with Crippen molar-refractivity contribution in [3.8, 4) is 0 Å². The number of rotatable bonds is 4. The molecule has 1 aromatic carbocycles. The van der Waals surface area contributed by atoms with E-state index in [1.54, 1.807) is 17.4 Å². The summed E-state index contributed by atoms with van der Waals surface area (Å²) < 4.78 is 0. The Hall–Kier alpha value is -1.07. The predicted molar refractivity (Wildman–Crippen MR) is 99.3 cm³/mol. The molecule has 3 rings (SSSR count). The Kier molecular flexibility index (Phi) is 5.50. The summed E-state index contributed by atoms with van der Waals surface area (Å²) in [4.78, 5) is 15.0. The first kappa shape index (κ1) is 17.7. The maximum atomic E-state index is 11.8. The third kappa shape index (κ3) is 3.47. The molecule has 2 atom stereocenters. The van der Waals surface area contributed by atoms with E-state index >= 15 is 0 Å². The van der Waals surface area contributed by atoms with Gasteiger partial charge in [-0.15, -0.1) is 11.3 Å². The largest absolute Gasteiger partial charge is 0.480 e. The van der Waals surface area contributed by atoms with Crippen molar-refractivity contribution in [1.29, 1.82) is 0 Å². The number of benzene rings is 1. The summed E-state index contributed by atoms with van der Waals surface area (Å²) in [6.45, 7) is 2.78. The lowest BCUT2D eigenvalue weighted by Gasteiger charge is -2.39. The van der Waals surface area contributed by atoms with Crippen LogP contribution in [0.2, 0.25) is 10.0 Å². The fourth-order valence-electron chi connectivity index (χ4n) is 3.35. The second kappa shape index (κ2) is 7.44. The molecule has 0 saturated carbocycles. The average Bonchev–Trinajstić information content (AvgIpc) is 2.98. The fraction of sp³-hybridized carbons (Fsp3) is 0.389. The Labute approximate surface area is 155 Å². The lowest BCUT2D eigenvalue weighted by atomic mass is 9.95. The predicted octanol–water partition coefficient (Wildman–Crippen LogP) is 5.39. The molecule has 0 amide bonds. The number of piperidine rings is 1. The molecule has 0 bridgehead atoms. The van der Waals surface area contributed by atoms with Crippen molar-refractivity contribution in [2.45, 2.75) is 38.3 Å². The van der Waals surface area contributed by atoms with Crippen LogP contribution in [0, 0.1) is 6.92 Å². The second-order valence-electron chi connectivity index (χ2n) is 6.16. The first-order chi connectivity index (χ1) is 11.5. The Morgan fingerprint density at radius 3 is 2.83 bits per heavy atom. The zero-order chi connectivity index (χ0) is 17.3. The highest BCUT2D eigenvalue weighted by Crippen LogP contribution is 2.41. The van der Waals surface area contributed by atoms with Crippen LogP contribution in [-0.2, 0) is 4.79 Å². The van der Waals surface area contributed by atoms with Gasteiger partial charge in [-0.1, -0.05) is 41.8 Å². The molecule has 3 nitrogen and oxygen atoms in total. The van der Waals surface area contributed by atoms with Crippen LogP contribution in [0.1, 0.15) is 41.3 Å². The molecule has 128 valence electrons. The number of carbonyl (C=O) groups is 1. The van der Waals surface area contributed by atoms with Crippen LogP contribution in [0.15, 0.2) is 29.6 Å². The second-order valence-corrected chi connectivity index (χ2v) is 7.89. The zero-order valence-corrected chi connectivity index (χ0v) is 15.7. The molecule has 1 aromatic heterocycles. The topological polar surface area (TPSA) is 40.5 Å². The minimum Gasteiger partial charge on any atom is -0.480 e. The zero-order valence-electron chi connectivity index (χ0n) is 13.3. The van der Waals surface area contributed by atoms with Gasteiger partial charge >= 0.3 is 5.97 Å². The number of carboxylic acids is 1. The van der Waals surface area contributed by atoms with Gasteiger partial charge in [-0.2, -0.15) is 0 Å². The number of halogens is 2. The lowest BCUT2D eigenvalue weighted by molar-refractivity contribution is -0.145. The number of aliphatic carboxylic acids is 1. The smallest absolute Gasteiger partial charge is 0.320 e. The van der Waals surface area contributed by atoms with Crippen molar-refractivity contribution in [1.82, 2.24) is 4.90 Å². The van der Waals surface area contributed by atoms with Gasteiger partial charge in [0.2, 0.25) is 0 Å². The van der Waals surface area contributed by atoms with Crippen molar-refractivity contribution in [3.05, 3.63) is 55.7 Å². The van der Waals surface area contributed by atoms with E-state index in [1.807, 2.05) is 19.1 Å². The van der Waals surface area contributed by atoms with Gasteiger partial charge in [0, 0.05) is 4.88 Å². The minimum atomic E-state index is -0.772. The summed E-state index contributed by atoms with van der Waals surface area (Å²) in [6, 6.07) is 7.00. The van der Waals surface area contributed by atoms with E-state index < -0.39 is 12.0 Å². The van der Waals surface area contributed by atoms with Crippen LogP contribution in [0.4, 0.5) is 0 Å². The molecule has 6 heteroatoms. The molecule has 1 fully saturated rings. The van der Waals surface area contributed by atoms with Gasteiger partial charge in [-0.3, -0.25) is 9.69 Å². The standard InChI is InChI=1S/C18H19Cl2NO2S/c1-11-9-15(24-10-11)17(12-5-4-6-13(19)16(12)20)21-8-3-2-7-14(21)18(22)23/h4-6,9-10,14,17H,2-3,7-8H2,1H3,(H,22,23). The third-order valence-corrected chi connectivity index (χ3v) is 6.39. The van der Waals surface area contributed by atoms with E-state index in [9.17, 15) is 9.90 Å². The van der Waals surface area contributed by atoms with E-state index in [0.29, 0.717) is 16.5 Å². The quantitative estimate of drug-likeness (QED) is 0.768. The molecule has 1 saturated heterocycles. The van der Waals surface area contributed by atoms with Crippen molar-refractivity contribution in [2.75, 3.05) is 6.54 Å². The average molecular weight is 384 g/mol. The van der Waals surface area contributed by atoms with E-state index in [-0.39, 0.29) is 6.04 Å². The van der Waals surface area contributed by atoms with Gasteiger partial charge in [0.25, 0.3) is 0 Å². The molecule has 1 aliphatic rings. The fourth-order valence-corrected chi connectivity index (χ4v) is 4.80.